The van der Waals surface area contributed by atoms with Gasteiger partial charge in [-0.1, -0.05) is 84.9 Å². The minimum absolute atomic E-state index is 1.11. The second kappa shape index (κ2) is 7.72. The molecule has 1 aliphatic carbocycles. The van der Waals surface area contributed by atoms with Crippen LogP contribution in [0.15, 0.2) is 103 Å². The van der Waals surface area contributed by atoms with E-state index in [0.29, 0.717) is 0 Å². The molecule has 0 spiro atoms. The number of fused-ring (bicyclic) bond motifs is 8. The summed E-state index contributed by atoms with van der Waals surface area (Å²) in [6.07, 6.45) is 7.04. The Balaban J connectivity index is 1.64. The van der Waals surface area contributed by atoms with Gasteiger partial charge in [0, 0.05) is 39.5 Å². The van der Waals surface area contributed by atoms with Crippen LogP contribution in [0.2, 0.25) is 0 Å². The van der Waals surface area contributed by atoms with Crippen LogP contribution in [0.3, 0.4) is 0 Å². The molecule has 0 radical (unpaired) electrons. The van der Waals surface area contributed by atoms with Crippen LogP contribution in [-0.2, 0) is 7.05 Å². The van der Waals surface area contributed by atoms with Crippen LogP contribution in [0.4, 0.5) is 0 Å². The average Bonchev–Trinajstić information content (AvgIpc) is 3.44. The van der Waals surface area contributed by atoms with Gasteiger partial charge in [-0.25, -0.2) is 0 Å². The summed E-state index contributed by atoms with van der Waals surface area (Å²) < 4.78 is 4.84. The third-order valence-corrected chi connectivity index (χ3v) is 8.13. The Hall–Kier alpha value is -4.56. The van der Waals surface area contributed by atoms with Gasteiger partial charge in [0.15, 0.2) is 0 Å². The molecule has 7 aromatic rings. The Labute approximate surface area is 215 Å². The number of aromatic nitrogens is 2. The topological polar surface area (TPSA) is 9.86 Å². The van der Waals surface area contributed by atoms with Gasteiger partial charge in [-0.15, -0.1) is 0 Å². The Morgan fingerprint density at radius 2 is 1.27 bits per heavy atom. The molecule has 0 aliphatic heterocycles. The number of aryl methyl sites for hydroxylation is 1. The summed E-state index contributed by atoms with van der Waals surface area (Å²) >= 11 is 0. The largest absolute Gasteiger partial charge is 0.344 e. The number of hydrogen-bond donors (Lipinski definition) is 0. The molecule has 37 heavy (non-hydrogen) atoms. The van der Waals surface area contributed by atoms with Gasteiger partial charge >= 0.3 is 0 Å². The van der Waals surface area contributed by atoms with E-state index in [-0.39, 0.29) is 0 Å². The van der Waals surface area contributed by atoms with E-state index in [1.165, 1.54) is 70.9 Å². The highest BCUT2D eigenvalue weighted by Crippen LogP contribution is 2.42. The molecular weight excluding hydrogens is 448 g/mol. The summed E-state index contributed by atoms with van der Waals surface area (Å²) in [5.74, 6) is 0. The Kier molecular flexibility index (Phi) is 4.30. The van der Waals surface area contributed by atoms with Crippen molar-refractivity contribution in [1.29, 1.82) is 0 Å². The van der Waals surface area contributed by atoms with Crippen molar-refractivity contribution in [3.63, 3.8) is 0 Å². The van der Waals surface area contributed by atoms with Crippen molar-refractivity contribution in [2.75, 3.05) is 0 Å². The lowest BCUT2D eigenvalue weighted by Crippen LogP contribution is -2.29. The summed E-state index contributed by atoms with van der Waals surface area (Å²) in [6, 6.07) is 37.8. The van der Waals surface area contributed by atoms with Crippen LogP contribution in [0.25, 0.3) is 72.4 Å². The van der Waals surface area contributed by atoms with E-state index in [4.69, 9.17) is 0 Å². The van der Waals surface area contributed by atoms with E-state index in [1.54, 1.807) is 0 Å². The van der Waals surface area contributed by atoms with Gasteiger partial charge in [0.25, 0.3) is 0 Å². The number of rotatable bonds is 2. The fourth-order valence-electron chi connectivity index (χ4n) is 6.47. The smallest absolute Gasteiger partial charge is 0.0562 e. The van der Waals surface area contributed by atoms with Gasteiger partial charge in [0.05, 0.1) is 16.6 Å². The molecule has 8 rings (SSSR count). The first-order valence-electron chi connectivity index (χ1n) is 13.1. The van der Waals surface area contributed by atoms with Gasteiger partial charge in [-0.05, 0) is 65.1 Å². The molecule has 1 aliphatic rings. The van der Waals surface area contributed by atoms with Crippen molar-refractivity contribution in [1.82, 2.24) is 9.13 Å². The Morgan fingerprint density at radius 3 is 2.08 bits per heavy atom. The first kappa shape index (κ1) is 20.6. The second-order valence-corrected chi connectivity index (χ2v) is 10.1. The van der Waals surface area contributed by atoms with Crippen LogP contribution >= 0.6 is 0 Å². The van der Waals surface area contributed by atoms with E-state index >= 15 is 0 Å². The summed E-state index contributed by atoms with van der Waals surface area (Å²) in [4.78, 5) is 0. The summed E-state index contributed by atoms with van der Waals surface area (Å²) in [7, 11) is 2.21. The maximum absolute atomic E-state index is 2.46. The molecule has 2 heteroatoms. The number of hydrogen-bond acceptors (Lipinski definition) is 0. The summed E-state index contributed by atoms with van der Waals surface area (Å²) in [6.45, 7) is 0. The fraction of sp³-hybridized carbons (Fsp3) is 0.0857. The first-order valence-corrected chi connectivity index (χ1v) is 13.1. The zero-order valence-electron chi connectivity index (χ0n) is 20.8. The van der Waals surface area contributed by atoms with Crippen molar-refractivity contribution in [2.24, 2.45) is 7.05 Å². The monoisotopic (exact) mass is 474 g/mol. The Bertz CT molecular complexity index is 2130. The van der Waals surface area contributed by atoms with Gasteiger partial charge in [0.2, 0.25) is 0 Å². The first-order chi connectivity index (χ1) is 18.3. The fourth-order valence-corrected chi connectivity index (χ4v) is 6.47. The normalized spacial score (nSPS) is 13.2. The van der Waals surface area contributed by atoms with Crippen LogP contribution in [0.5, 0.6) is 0 Å². The minimum Gasteiger partial charge on any atom is -0.344 e. The molecule has 0 saturated carbocycles. The van der Waals surface area contributed by atoms with Crippen molar-refractivity contribution < 1.29 is 0 Å². The predicted octanol–water partition coefficient (Wildman–Crippen LogP) is 7.45. The molecule has 0 atom stereocenters. The molecular formula is C35H26N2. The second-order valence-electron chi connectivity index (χ2n) is 10.1. The summed E-state index contributed by atoms with van der Waals surface area (Å²) in [5, 5.41) is 9.33. The van der Waals surface area contributed by atoms with Crippen LogP contribution in [0.1, 0.15) is 12.8 Å². The molecule has 0 amide bonds. The highest BCUT2D eigenvalue weighted by molar-refractivity contribution is 6.25. The lowest BCUT2D eigenvalue weighted by Gasteiger charge is -2.12. The quantitative estimate of drug-likeness (QED) is 0.246. The maximum Gasteiger partial charge on any atom is 0.0562 e. The molecule has 0 bridgehead atoms. The molecule has 2 aromatic heterocycles. The summed E-state index contributed by atoms with van der Waals surface area (Å²) in [5.41, 5.74) is 7.50. The third-order valence-electron chi connectivity index (χ3n) is 8.13. The lowest BCUT2D eigenvalue weighted by molar-refractivity contribution is 0.910. The predicted molar refractivity (Wildman–Crippen MR) is 158 cm³/mol. The number of benzene rings is 5. The van der Waals surface area contributed by atoms with Gasteiger partial charge < -0.3 is 9.13 Å². The molecule has 0 unspecified atom stereocenters. The van der Waals surface area contributed by atoms with Gasteiger partial charge in [-0.2, -0.15) is 0 Å². The highest BCUT2D eigenvalue weighted by atomic mass is 15.0. The van der Waals surface area contributed by atoms with Crippen LogP contribution in [0, 0.1) is 0 Å². The maximum atomic E-state index is 2.46. The van der Waals surface area contributed by atoms with E-state index < -0.39 is 0 Å². The molecule has 2 heterocycles. The van der Waals surface area contributed by atoms with Crippen molar-refractivity contribution in [3.8, 4) is 16.8 Å². The molecule has 0 saturated heterocycles. The van der Waals surface area contributed by atoms with Crippen molar-refractivity contribution in [2.45, 2.75) is 12.8 Å². The van der Waals surface area contributed by atoms with E-state index in [0.717, 1.165) is 12.8 Å². The molecule has 2 nitrogen and oxygen atoms in total. The van der Waals surface area contributed by atoms with Gasteiger partial charge in [0.1, 0.15) is 0 Å². The van der Waals surface area contributed by atoms with E-state index in [1.807, 2.05) is 0 Å². The third kappa shape index (κ3) is 2.87. The van der Waals surface area contributed by atoms with E-state index in [9.17, 15) is 0 Å². The SMILES string of the molecule is Cn1c2c(c3cc4c5c6ccccc6c(-c6ccccc6)cc5n(-c5ccccc5)c4cc31)=CCCC=2. The highest BCUT2D eigenvalue weighted by Gasteiger charge is 2.20. The Morgan fingerprint density at radius 1 is 0.568 bits per heavy atom. The average molecular weight is 475 g/mol. The van der Waals surface area contributed by atoms with Gasteiger partial charge in [-0.3, -0.25) is 0 Å². The zero-order valence-corrected chi connectivity index (χ0v) is 20.8. The van der Waals surface area contributed by atoms with Crippen molar-refractivity contribution >= 4 is 55.6 Å². The van der Waals surface area contributed by atoms with E-state index in [2.05, 4.69) is 131 Å². The van der Waals surface area contributed by atoms with Crippen LogP contribution in [-0.4, -0.2) is 9.13 Å². The molecule has 176 valence electrons. The molecule has 5 aromatic carbocycles. The van der Waals surface area contributed by atoms with Crippen molar-refractivity contribution in [3.05, 3.63) is 114 Å². The molecule has 0 fully saturated rings. The number of para-hydroxylation sites is 1. The number of nitrogens with zero attached hydrogens (tertiary/aromatic N) is 2. The minimum atomic E-state index is 1.11. The standard InChI is InChI=1S/C35H26N2/c1-36-31-19-11-10-17-26(31)29-20-30-33(22-32(29)36)37(24-14-6-3-7-15-24)34-21-28(23-12-4-2-5-13-23)25-16-8-9-18-27(25)35(30)34/h2-9,12-22H,10-11H2,1H3. The molecule has 0 N–H and O–H groups in total. The zero-order chi connectivity index (χ0) is 24.5. The van der Waals surface area contributed by atoms with Crippen LogP contribution < -0.4 is 10.6 Å². The lowest BCUT2D eigenvalue weighted by atomic mass is 9.94.